The van der Waals surface area contributed by atoms with E-state index in [-0.39, 0.29) is 23.9 Å². The number of rotatable bonds is 6. The van der Waals surface area contributed by atoms with E-state index in [1.807, 2.05) is 0 Å². The molecule has 10 heteroatoms. The molecule has 3 rings (SSSR count). The Morgan fingerprint density at radius 1 is 1.46 bits per heavy atom. The normalized spacial score (nSPS) is 11.0. The van der Waals surface area contributed by atoms with Gasteiger partial charge in [0.05, 0.1) is 28.4 Å². The lowest BCUT2D eigenvalue weighted by Crippen LogP contribution is -2.21. The Labute approximate surface area is 174 Å². The Bertz CT molecular complexity index is 1100. The molecule has 0 unspecified atom stereocenters. The first-order chi connectivity index (χ1) is 13.4. The number of aliphatic hydroxyl groups is 1. The third-order valence-electron chi connectivity index (χ3n) is 4.26. The second kappa shape index (κ2) is 8.24. The van der Waals surface area contributed by atoms with Crippen molar-refractivity contribution in [3.63, 3.8) is 0 Å². The van der Waals surface area contributed by atoms with E-state index in [9.17, 15) is 19.6 Å². The van der Waals surface area contributed by atoms with Gasteiger partial charge in [-0.15, -0.1) is 0 Å². The van der Waals surface area contributed by atoms with Crippen LogP contribution >= 0.6 is 22.6 Å². The van der Waals surface area contributed by atoms with Gasteiger partial charge < -0.3 is 9.67 Å². The highest BCUT2D eigenvalue weighted by Gasteiger charge is 2.24. The molecule has 0 aliphatic heterocycles. The molecule has 0 radical (unpaired) electrons. The van der Waals surface area contributed by atoms with Crippen molar-refractivity contribution < 1.29 is 14.3 Å². The maximum Gasteiger partial charge on any atom is 0.279 e. The molecule has 0 atom stereocenters. The highest BCUT2D eigenvalue weighted by molar-refractivity contribution is 14.1. The third-order valence-corrected chi connectivity index (χ3v) is 5.08. The number of halogens is 2. The van der Waals surface area contributed by atoms with E-state index in [2.05, 4.69) is 44.1 Å². The van der Waals surface area contributed by atoms with E-state index in [1.165, 1.54) is 11.6 Å². The van der Waals surface area contributed by atoms with Crippen LogP contribution in [0.3, 0.4) is 0 Å². The fourth-order valence-electron chi connectivity index (χ4n) is 2.99. The van der Waals surface area contributed by atoms with Gasteiger partial charge in [-0.05, 0) is 55.0 Å². The van der Waals surface area contributed by atoms with Gasteiger partial charge in [0.15, 0.2) is 11.5 Å². The summed E-state index contributed by atoms with van der Waals surface area (Å²) in [5.74, 6) is -1.10. The summed E-state index contributed by atoms with van der Waals surface area (Å²) in [4.78, 5) is 17.2. The van der Waals surface area contributed by atoms with E-state index in [0.717, 1.165) is 9.09 Å². The van der Waals surface area contributed by atoms with Crippen molar-refractivity contribution in [2.75, 3.05) is 11.9 Å². The summed E-state index contributed by atoms with van der Waals surface area (Å²) >= 11 is 2.10. The predicted octanol–water partition coefficient (Wildman–Crippen LogP) is 2.81. The Balaban J connectivity index is 2.08. The Hall–Kier alpha value is -2.52. The number of amides is 1. The number of hydrogen-bond donors (Lipinski definition) is 2. The lowest BCUT2D eigenvalue weighted by atomic mass is 10.2. The molecule has 0 saturated carbocycles. The first-order valence-corrected chi connectivity index (χ1v) is 9.74. The minimum atomic E-state index is -0.668. The van der Waals surface area contributed by atoms with E-state index in [0.29, 0.717) is 30.6 Å². The molecule has 8 nitrogen and oxygen atoms in total. The molecule has 0 aliphatic carbocycles. The number of nitrogens with one attached hydrogen (secondary N) is 1. The molecule has 1 aromatic carbocycles. The van der Waals surface area contributed by atoms with Gasteiger partial charge >= 0.3 is 0 Å². The number of carbonyl (C=O) groups is 1. The Morgan fingerprint density at radius 3 is 2.86 bits per heavy atom. The zero-order chi connectivity index (χ0) is 20.4. The molecule has 2 N–H and O–H groups in total. The monoisotopic (exact) mass is 496 g/mol. The van der Waals surface area contributed by atoms with Crippen LogP contribution in [-0.4, -0.2) is 37.0 Å². The number of aryl methyl sites for hydroxylation is 3. The topological polar surface area (TPSA) is 109 Å². The summed E-state index contributed by atoms with van der Waals surface area (Å²) in [6, 6.07) is 5.43. The van der Waals surface area contributed by atoms with Crippen molar-refractivity contribution in [1.82, 2.24) is 19.3 Å². The summed E-state index contributed by atoms with van der Waals surface area (Å²) in [5.41, 5.74) is 1.72. The van der Waals surface area contributed by atoms with Crippen molar-refractivity contribution in [3.05, 3.63) is 38.5 Å². The SMILES string of the molecule is CCn1nc(C)c(F)c1C(=O)Nc1nc2cc(C#N)cc(I)c2n1CCCO. The van der Waals surface area contributed by atoms with Gasteiger partial charge in [-0.1, -0.05) is 0 Å². The van der Waals surface area contributed by atoms with Gasteiger partial charge in [-0.3, -0.25) is 14.8 Å². The van der Waals surface area contributed by atoms with Crippen molar-refractivity contribution in [1.29, 1.82) is 5.26 Å². The van der Waals surface area contributed by atoms with Gasteiger partial charge in [-0.2, -0.15) is 10.4 Å². The number of aromatic nitrogens is 4. The van der Waals surface area contributed by atoms with Crippen LogP contribution in [0.1, 0.15) is 35.1 Å². The zero-order valence-corrected chi connectivity index (χ0v) is 17.5. The fourth-order valence-corrected chi connectivity index (χ4v) is 3.89. The first-order valence-electron chi connectivity index (χ1n) is 8.66. The second-order valence-electron chi connectivity index (χ2n) is 6.12. The smallest absolute Gasteiger partial charge is 0.279 e. The maximum atomic E-state index is 14.4. The van der Waals surface area contributed by atoms with E-state index < -0.39 is 11.7 Å². The lowest BCUT2D eigenvalue weighted by molar-refractivity contribution is 0.101. The second-order valence-corrected chi connectivity index (χ2v) is 7.28. The Kier molecular flexibility index (Phi) is 5.95. The van der Waals surface area contributed by atoms with Gasteiger partial charge in [0.2, 0.25) is 5.95 Å². The Morgan fingerprint density at radius 2 is 2.21 bits per heavy atom. The van der Waals surface area contributed by atoms with Crippen LogP contribution in [0.25, 0.3) is 11.0 Å². The first kappa shape index (κ1) is 20.2. The molecule has 3 aromatic rings. The van der Waals surface area contributed by atoms with Crippen LogP contribution in [0.2, 0.25) is 0 Å². The van der Waals surface area contributed by atoms with Crippen molar-refractivity contribution in [2.24, 2.45) is 0 Å². The summed E-state index contributed by atoms with van der Waals surface area (Å²) in [6.45, 7) is 3.98. The van der Waals surface area contributed by atoms with E-state index >= 15 is 0 Å². The number of imidazole rings is 1. The number of hydrogen-bond acceptors (Lipinski definition) is 5. The zero-order valence-electron chi connectivity index (χ0n) is 15.3. The van der Waals surface area contributed by atoms with Crippen LogP contribution in [0.5, 0.6) is 0 Å². The average molecular weight is 496 g/mol. The molecule has 146 valence electrons. The van der Waals surface area contributed by atoms with Crippen LogP contribution in [0.15, 0.2) is 12.1 Å². The van der Waals surface area contributed by atoms with Crippen LogP contribution < -0.4 is 5.32 Å². The molecular formula is C18H18FIN6O2. The highest BCUT2D eigenvalue weighted by atomic mass is 127. The molecule has 28 heavy (non-hydrogen) atoms. The molecule has 0 fully saturated rings. The molecule has 0 spiro atoms. The van der Waals surface area contributed by atoms with Gasteiger partial charge in [0, 0.05) is 23.3 Å². The minimum absolute atomic E-state index is 0.0314. The van der Waals surface area contributed by atoms with Gasteiger partial charge in [0.1, 0.15) is 0 Å². The maximum absolute atomic E-state index is 14.4. The summed E-state index contributed by atoms with van der Waals surface area (Å²) < 4.78 is 18.2. The number of anilines is 1. The van der Waals surface area contributed by atoms with E-state index in [4.69, 9.17) is 0 Å². The standard InChI is InChI=1S/C18H18FIN6O2/c1-3-26-16(14(19)10(2)24-26)17(28)23-18-22-13-8-11(9-21)7-12(20)15(13)25(18)5-4-6-27/h7-8,27H,3-6H2,1-2H3,(H,22,23,28). The fraction of sp³-hybridized carbons (Fsp3) is 0.333. The number of carbonyl (C=O) groups excluding carboxylic acids is 1. The molecule has 0 saturated heterocycles. The lowest BCUT2D eigenvalue weighted by Gasteiger charge is -2.11. The van der Waals surface area contributed by atoms with Crippen molar-refractivity contribution in [3.8, 4) is 6.07 Å². The van der Waals surface area contributed by atoms with Crippen LogP contribution in [0, 0.1) is 27.6 Å². The van der Waals surface area contributed by atoms with Crippen LogP contribution in [0.4, 0.5) is 10.3 Å². The summed E-state index contributed by atoms with van der Waals surface area (Å²) in [5, 5.41) is 25.1. The minimum Gasteiger partial charge on any atom is -0.396 e. The quantitative estimate of drug-likeness (QED) is 0.511. The van der Waals surface area contributed by atoms with E-state index in [1.54, 1.807) is 23.6 Å². The largest absolute Gasteiger partial charge is 0.396 e. The number of nitriles is 1. The molecule has 0 bridgehead atoms. The molecule has 2 aromatic heterocycles. The summed E-state index contributed by atoms with van der Waals surface area (Å²) in [7, 11) is 0. The third kappa shape index (κ3) is 3.59. The molecular weight excluding hydrogens is 478 g/mol. The van der Waals surface area contributed by atoms with Crippen molar-refractivity contribution >= 4 is 45.5 Å². The number of fused-ring (bicyclic) bond motifs is 1. The molecule has 1 amide bonds. The molecule has 2 heterocycles. The molecule has 0 aliphatic rings. The van der Waals surface area contributed by atoms with Crippen molar-refractivity contribution in [2.45, 2.75) is 33.4 Å². The number of benzene rings is 1. The summed E-state index contributed by atoms with van der Waals surface area (Å²) in [6.07, 6.45) is 0.449. The highest BCUT2D eigenvalue weighted by Crippen LogP contribution is 2.27. The van der Waals surface area contributed by atoms with Gasteiger partial charge in [0.25, 0.3) is 5.91 Å². The predicted molar refractivity (Wildman–Crippen MR) is 109 cm³/mol. The van der Waals surface area contributed by atoms with Gasteiger partial charge in [-0.25, -0.2) is 9.37 Å². The number of aliphatic hydroxyl groups excluding tert-OH is 1. The van der Waals surface area contributed by atoms with Crippen LogP contribution in [-0.2, 0) is 13.1 Å². The average Bonchev–Trinajstić information content (AvgIpc) is 3.16. The number of nitrogens with zero attached hydrogens (tertiary/aromatic N) is 5.